The van der Waals surface area contributed by atoms with Gasteiger partial charge < -0.3 is 4.74 Å². The fraction of sp³-hybridized carbons (Fsp3) is 0.250. The van der Waals surface area contributed by atoms with Gasteiger partial charge in [-0.05, 0) is 13.0 Å². The number of sulfonamides is 1. The Kier molecular flexibility index (Phi) is 3.84. The Morgan fingerprint density at radius 2 is 2.25 bits per heavy atom. The van der Waals surface area contributed by atoms with Crippen molar-refractivity contribution in [2.45, 2.75) is 11.8 Å². The molecule has 1 aromatic rings. The van der Waals surface area contributed by atoms with Gasteiger partial charge in [0.15, 0.2) is 0 Å². The quantitative estimate of drug-likeness (QED) is 0.635. The van der Waals surface area contributed by atoms with Crippen LogP contribution in [0.1, 0.15) is 17.3 Å². The van der Waals surface area contributed by atoms with E-state index < -0.39 is 16.0 Å². The third kappa shape index (κ3) is 2.91. The van der Waals surface area contributed by atoms with Crippen LogP contribution in [0.25, 0.3) is 0 Å². The lowest BCUT2D eigenvalue weighted by Crippen LogP contribution is -2.14. The van der Waals surface area contributed by atoms with Crippen molar-refractivity contribution >= 4 is 27.6 Å². The normalized spacial score (nSPS) is 11.2. The van der Waals surface area contributed by atoms with E-state index in [0.29, 0.717) is 0 Å². The predicted octanol–water partition coefficient (Wildman–Crippen LogP) is 0.559. The molecule has 88 valence electrons. The third-order valence-corrected chi connectivity index (χ3v) is 2.82. The van der Waals surface area contributed by atoms with Crippen molar-refractivity contribution in [3.8, 4) is 0 Å². The largest absolute Gasteiger partial charge is 0.462 e. The molecule has 1 rings (SSSR count). The molecule has 0 saturated carbocycles. The second-order valence-electron chi connectivity index (χ2n) is 2.77. The van der Waals surface area contributed by atoms with Crippen molar-refractivity contribution < 1.29 is 17.9 Å². The van der Waals surface area contributed by atoms with Crippen molar-refractivity contribution in [1.82, 2.24) is 4.98 Å². The summed E-state index contributed by atoms with van der Waals surface area (Å²) >= 11 is 5.63. The average Bonchev–Trinajstić information content (AvgIpc) is 2.16. The summed E-state index contributed by atoms with van der Waals surface area (Å²) < 4.78 is 26.7. The first-order chi connectivity index (χ1) is 7.36. The van der Waals surface area contributed by atoms with E-state index in [1.165, 1.54) is 0 Å². The number of nitrogens with zero attached hydrogens (tertiary/aromatic N) is 1. The monoisotopic (exact) mass is 264 g/mol. The van der Waals surface area contributed by atoms with E-state index in [0.717, 1.165) is 12.3 Å². The number of carbonyl (C=O) groups excluding carboxylic acids is 1. The van der Waals surface area contributed by atoms with Gasteiger partial charge in [0.1, 0.15) is 10.0 Å². The minimum Gasteiger partial charge on any atom is -0.462 e. The van der Waals surface area contributed by atoms with Crippen molar-refractivity contribution in [1.29, 1.82) is 0 Å². The first kappa shape index (κ1) is 12.9. The van der Waals surface area contributed by atoms with E-state index >= 15 is 0 Å². The van der Waals surface area contributed by atoms with Gasteiger partial charge in [0, 0.05) is 6.20 Å². The van der Waals surface area contributed by atoms with E-state index in [9.17, 15) is 13.2 Å². The number of aromatic nitrogens is 1. The van der Waals surface area contributed by atoms with Crippen LogP contribution in [0.5, 0.6) is 0 Å². The Labute approximate surface area is 97.4 Å². The zero-order valence-electron chi connectivity index (χ0n) is 8.31. The Morgan fingerprint density at radius 3 is 2.75 bits per heavy atom. The summed E-state index contributed by atoms with van der Waals surface area (Å²) in [5, 5.41) is 4.75. The van der Waals surface area contributed by atoms with Gasteiger partial charge in [0.2, 0.25) is 10.0 Å². The van der Waals surface area contributed by atoms with E-state index in [1.807, 2.05) is 0 Å². The highest BCUT2D eigenvalue weighted by molar-refractivity contribution is 7.89. The molecule has 1 aromatic heterocycles. The minimum absolute atomic E-state index is 0.130. The van der Waals surface area contributed by atoms with Gasteiger partial charge in [-0.3, -0.25) is 0 Å². The van der Waals surface area contributed by atoms with Crippen LogP contribution in [0.4, 0.5) is 0 Å². The molecular weight excluding hydrogens is 256 g/mol. The highest BCUT2D eigenvalue weighted by Crippen LogP contribution is 2.17. The maximum atomic E-state index is 11.4. The van der Waals surface area contributed by atoms with Crippen molar-refractivity contribution in [3.05, 3.63) is 23.0 Å². The van der Waals surface area contributed by atoms with E-state index in [1.54, 1.807) is 6.92 Å². The molecule has 0 aliphatic rings. The number of ether oxygens (including phenoxy) is 1. The Hall–Kier alpha value is -1.18. The van der Waals surface area contributed by atoms with Gasteiger partial charge in [-0.25, -0.2) is 23.3 Å². The number of hydrogen-bond acceptors (Lipinski definition) is 5. The fourth-order valence-corrected chi connectivity index (χ4v) is 1.60. The lowest BCUT2D eigenvalue weighted by atomic mass is 10.3. The highest BCUT2D eigenvalue weighted by atomic mass is 35.5. The summed E-state index contributed by atoms with van der Waals surface area (Å²) in [5.41, 5.74) is -0.130. The standard InChI is InChI=1S/C8H9ClN2O4S/c1-2-15-8(12)6-3-5(16(10,13)14)4-11-7(6)9/h3-4H,2H2,1H3,(H2,10,13,14). The van der Waals surface area contributed by atoms with Gasteiger partial charge in [-0.1, -0.05) is 11.6 Å². The van der Waals surface area contributed by atoms with E-state index in [4.69, 9.17) is 16.7 Å². The lowest BCUT2D eigenvalue weighted by molar-refractivity contribution is 0.0526. The summed E-state index contributed by atoms with van der Waals surface area (Å²) in [6.07, 6.45) is 0.973. The number of pyridine rings is 1. The van der Waals surface area contributed by atoms with Crippen LogP contribution in [-0.4, -0.2) is 26.0 Å². The molecule has 0 aromatic carbocycles. The van der Waals surface area contributed by atoms with Crippen LogP contribution in [-0.2, 0) is 14.8 Å². The second-order valence-corrected chi connectivity index (χ2v) is 4.69. The summed E-state index contributed by atoms with van der Waals surface area (Å²) in [6, 6.07) is 1.03. The predicted molar refractivity (Wildman–Crippen MR) is 56.6 cm³/mol. The molecule has 6 nitrogen and oxygen atoms in total. The maximum absolute atomic E-state index is 11.4. The van der Waals surface area contributed by atoms with Crippen LogP contribution < -0.4 is 5.14 Å². The Bertz CT molecular complexity index is 515. The number of nitrogens with two attached hydrogens (primary N) is 1. The molecule has 0 bridgehead atoms. The molecule has 0 spiro atoms. The lowest BCUT2D eigenvalue weighted by Gasteiger charge is -2.04. The molecule has 0 radical (unpaired) electrons. The van der Waals surface area contributed by atoms with Crippen LogP contribution >= 0.6 is 11.6 Å². The van der Waals surface area contributed by atoms with Gasteiger partial charge in [0.25, 0.3) is 0 Å². The second kappa shape index (κ2) is 4.77. The summed E-state index contributed by atoms with van der Waals surface area (Å²) in [7, 11) is -3.92. The summed E-state index contributed by atoms with van der Waals surface area (Å²) in [6.45, 7) is 1.76. The Balaban J connectivity index is 3.24. The molecule has 2 N–H and O–H groups in total. The number of hydrogen-bond donors (Lipinski definition) is 1. The van der Waals surface area contributed by atoms with Crippen molar-refractivity contribution in [2.24, 2.45) is 5.14 Å². The van der Waals surface area contributed by atoms with Crippen LogP contribution in [0.3, 0.4) is 0 Å². The topological polar surface area (TPSA) is 99.4 Å². The number of primary sulfonamides is 1. The molecule has 0 unspecified atom stereocenters. The zero-order chi connectivity index (χ0) is 12.3. The van der Waals surface area contributed by atoms with Gasteiger partial charge >= 0.3 is 5.97 Å². The molecule has 8 heteroatoms. The van der Waals surface area contributed by atoms with E-state index in [2.05, 4.69) is 9.72 Å². The zero-order valence-corrected chi connectivity index (χ0v) is 9.88. The molecular formula is C8H9ClN2O4S. The molecule has 0 amide bonds. The van der Waals surface area contributed by atoms with Gasteiger partial charge in [-0.15, -0.1) is 0 Å². The smallest absolute Gasteiger partial charge is 0.341 e. The Morgan fingerprint density at radius 1 is 1.62 bits per heavy atom. The van der Waals surface area contributed by atoms with Gasteiger partial charge in [-0.2, -0.15) is 0 Å². The molecule has 0 saturated heterocycles. The SMILES string of the molecule is CCOC(=O)c1cc(S(N)(=O)=O)cnc1Cl. The molecule has 1 heterocycles. The van der Waals surface area contributed by atoms with Crippen LogP contribution in [0, 0.1) is 0 Å². The van der Waals surface area contributed by atoms with Crippen molar-refractivity contribution in [2.75, 3.05) is 6.61 Å². The summed E-state index contributed by atoms with van der Waals surface area (Å²) in [4.78, 5) is 14.6. The van der Waals surface area contributed by atoms with Crippen LogP contribution in [0.15, 0.2) is 17.2 Å². The molecule has 0 aliphatic heterocycles. The highest BCUT2D eigenvalue weighted by Gasteiger charge is 2.17. The molecule has 0 fully saturated rings. The number of rotatable bonds is 3. The first-order valence-electron chi connectivity index (χ1n) is 4.21. The van der Waals surface area contributed by atoms with Gasteiger partial charge in [0.05, 0.1) is 12.2 Å². The van der Waals surface area contributed by atoms with Crippen LogP contribution in [0.2, 0.25) is 5.15 Å². The van der Waals surface area contributed by atoms with Crippen molar-refractivity contribution in [3.63, 3.8) is 0 Å². The van der Waals surface area contributed by atoms with E-state index in [-0.39, 0.29) is 22.2 Å². The number of carbonyl (C=O) groups is 1. The maximum Gasteiger partial charge on any atom is 0.341 e. The number of halogens is 1. The summed E-state index contributed by atoms with van der Waals surface area (Å²) in [5.74, 6) is -0.745. The third-order valence-electron chi connectivity index (χ3n) is 1.64. The minimum atomic E-state index is -3.92. The number of esters is 1. The molecule has 16 heavy (non-hydrogen) atoms. The molecule has 0 aliphatic carbocycles. The molecule has 0 atom stereocenters. The average molecular weight is 265 g/mol. The fourth-order valence-electron chi connectivity index (χ4n) is 0.936. The first-order valence-corrected chi connectivity index (χ1v) is 6.14.